The number of ether oxygens (including phenoxy) is 3. The van der Waals surface area contributed by atoms with Crippen molar-refractivity contribution in [3.05, 3.63) is 0 Å². The summed E-state index contributed by atoms with van der Waals surface area (Å²) in [5, 5.41) is 2.81. The van der Waals surface area contributed by atoms with Crippen LogP contribution in [-0.2, 0) is 19.0 Å². The van der Waals surface area contributed by atoms with Gasteiger partial charge in [-0.15, -0.1) is 0 Å². The van der Waals surface area contributed by atoms with Crippen molar-refractivity contribution < 1.29 is 19.0 Å². The normalized spacial score (nSPS) is 10.9. The van der Waals surface area contributed by atoms with E-state index >= 15 is 0 Å². The Hall–Kier alpha value is -0.650. The van der Waals surface area contributed by atoms with E-state index in [1.54, 1.807) is 0 Å². The summed E-state index contributed by atoms with van der Waals surface area (Å²) in [7, 11) is 0. The fraction of sp³-hybridized carbons (Fsp3) is 0.923. The Labute approximate surface area is 110 Å². The number of hydrogen-bond donors (Lipinski definition) is 1. The van der Waals surface area contributed by atoms with Crippen molar-refractivity contribution in [3.8, 4) is 0 Å². The Morgan fingerprint density at radius 1 is 0.944 bits per heavy atom. The Morgan fingerprint density at radius 2 is 1.44 bits per heavy atom. The molecule has 0 heterocycles. The molecule has 1 amide bonds. The highest BCUT2D eigenvalue weighted by Crippen LogP contribution is 1.87. The molecule has 1 N–H and O–H groups in total. The minimum absolute atomic E-state index is 0.0267. The Kier molecular flexibility index (Phi) is 12.3. The predicted molar refractivity (Wildman–Crippen MR) is 70.6 cm³/mol. The molecule has 0 aliphatic rings. The van der Waals surface area contributed by atoms with Gasteiger partial charge in [-0.2, -0.15) is 0 Å². The maximum Gasteiger partial charge on any atom is 0.222 e. The third kappa shape index (κ3) is 13.4. The smallest absolute Gasteiger partial charge is 0.222 e. The van der Waals surface area contributed by atoms with Crippen LogP contribution in [0.2, 0.25) is 0 Å². The number of hydrogen-bond acceptors (Lipinski definition) is 4. The molecule has 108 valence electrons. The second-order valence-electron chi connectivity index (χ2n) is 4.31. The lowest BCUT2D eigenvalue weighted by Crippen LogP contribution is -2.30. The lowest BCUT2D eigenvalue weighted by molar-refractivity contribution is -0.122. The zero-order valence-corrected chi connectivity index (χ0v) is 11.9. The van der Waals surface area contributed by atoms with E-state index in [9.17, 15) is 4.79 Å². The summed E-state index contributed by atoms with van der Waals surface area (Å²) in [6.07, 6.45) is 1.43. The average Bonchev–Trinajstić information content (AvgIpc) is 2.30. The molecule has 5 nitrogen and oxygen atoms in total. The third-order valence-corrected chi connectivity index (χ3v) is 2.02. The van der Waals surface area contributed by atoms with Crippen molar-refractivity contribution in [3.63, 3.8) is 0 Å². The zero-order valence-electron chi connectivity index (χ0n) is 11.9. The number of carbonyl (C=O) groups is 1. The number of amides is 1. The van der Waals surface area contributed by atoms with Crippen LogP contribution in [-0.4, -0.2) is 51.6 Å². The molecule has 0 rings (SSSR count). The van der Waals surface area contributed by atoms with Gasteiger partial charge >= 0.3 is 0 Å². The van der Waals surface area contributed by atoms with Crippen molar-refractivity contribution in [2.75, 3.05) is 39.6 Å². The molecule has 0 aliphatic heterocycles. The van der Waals surface area contributed by atoms with Crippen molar-refractivity contribution in [2.24, 2.45) is 0 Å². The van der Waals surface area contributed by atoms with Crippen LogP contribution in [0.3, 0.4) is 0 Å². The molecular formula is C13H27NO4. The number of carbonyl (C=O) groups excluding carboxylic acids is 1. The highest BCUT2D eigenvalue weighted by Gasteiger charge is 2.02. The highest BCUT2D eigenvalue weighted by molar-refractivity contribution is 5.76. The van der Waals surface area contributed by atoms with Crippen molar-refractivity contribution in [1.82, 2.24) is 5.32 Å². The van der Waals surface area contributed by atoms with E-state index in [0.717, 1.165) is 13.0 Å². The van der Waals surface area contributed by atoms with Crippen molar-refractivity contribution >= 4 is 5.91 Å². The largest absolute Gasteiger partial charge is 0.379 e. The van der Waals surface area contributed by atoms with E-state index in [1.165, 1.54) is 0 Å². The van der Waals surface area contributed by atoms with Crippen LogP contribution >= 0.6 is 0 Å². The molecule has 0 aromatic carbocycles. The maximum atomic E-state index is 11.3. The summed E-state index contributed by atoms with van der Waals surface area (Å²) < 4.78 is 15.8. The molecule has 5 heteroatoms. The van der Waals surface area contributed by atoms with Crippen molar-refractivity contribution in [1.29, 1.82) is 0 Å². The Balaban J connectivity index is 3.09. The second kappa shape index (κ2) is 12.8. The van der Waals surface area contributed by atoms with Gasteiger partial charge < -0.3 is 19.5 Å². The topological polar surface area (TPSA) is 56.8 Å². The van der Waals surface area contributed by atoms with Gasteiger partial charge in [0.05, 0.1) is 33.0 Å². The maximum absolute atomic E-state index is 11.3. The molecule has 0 radical (unpaired) electrons. The fourth-order valence-electron chi connectivity index (χ4n) is 1.25. The Morgan fingerprint density at radius 3 is 1.94 bits per heavy atom. The number of rotatable bonds is 12. The average molecular weight is 261 g/mol. The van der Waals surface area contributed by atoms with Gasteiger partial charge in [-0.1, -0.05) is 6.92 Å². The molecule has 0 spiro atoms. The van der Waals surface area contributed by atoms with Gasteiger partial charge in [0.15, 0.2) is 0 Å². The van der Waals surface area contributed by atoms with Crippen LogP contribution in [0.4, 0.5) is 0 Å². The minimum atomic E-state index is 0.0267. The fourth-order valence-corrected chi connectivity index (χ4v) is 1.25. The molecule has 0 aromatic rings. The van der Waals surface area contributed by atoms with E-state index < -0.39 is 0 Å². The summed E-state index contributed by atoms with van der Waals surface area (Å²) in [6.45, 7) is 9.45. The minimum Gasteiger partial charge on any atom is -0.379 e. The lowest BCUT2D eigenvalue weighted by atomic mass is 10.3. The molecule has 0 unspecified atom stereocenters. The van der Waals surface area contributed by atoms with Gasteiger partial charge in [0.25, 0.3) is 0 Å². The van der Waals surface area contributed by atoms with Crippen LogP contribution in [0.1, 0.15) is 33.6 Å². The van der Waals surface area contributed by atoms with Crippen LogP contribution in [0.25, 0.3) is 0 Å². The van der Waals surface area contributed by atoms with Crippen LogP contribution in [0.5, 0.6) is 0 Å². The van der Waals surface area contributed by atoms with Gasteiger partial charge in [-0.25, -0.2) is 0 Å². The van der Waals surface area contributed by atoms with E-state index in [4.69, 9.17) is 14.2 Å². The summed E-state index contributed by atoms with van der Waals surface area (Å²) in [4.78, 5) is 11.3. The SMILES string of the molecule is CCCOCCOCCOCCC(=O)NC(C)C. The first-order chi connectivity index (χ1) is 8.66. The lowest BCUT2D eigenvalue weighted by Gasteiger charge is -2.09. The second-order valence-corrected chi connectivity index (χ2v) is 4.31. The molecule has 0 aromatic heterocycles. The molecule has 0 fully saturated rings. The summed E-state index contributed by atoms with van der Waals surface area (Å²) in [5.74, 6) is 0.0267. The van der Waals surface area contributed by atoms with Gasteiger partial charge in [-0.05, 0) is 20.3 Å². The summed E-state index contributed by atoms with van der Waals surface area (Å²) in [5.41, 5.74) is 0. The van der Waals surface area contributed by atoms with Crippen LogP contribution in [0.15, 0.2) is 0 Å². The molecular weight excluding hydrogens is 234 g/mol. The molecule has 18 heavy (non-hydrogen) atoms. The molecule has 0 atom stereocenters. The van der Waals surface area contributed by atoms with Gasteiger partial charge in [0, 0.05) is 19.1 Å². The molecule has 0 aliphatic carbocycles. The van der Waals surface area contributed by atoms with Gasteiger partial charge in [-0.3, -0.25) is 4.79 Å². The predicted octanol–water partition coefficient (Wildman–Crippen LogP) is 1.36. The quantitative estimate of drug-likeness (QED) is 0.539. The summed E-state index contributed by atoms with van der Waals surface area (Å²) >= 11 is 0. The summed E-state index contributed by atoms with van der Waals surface area (Å²) in [6, 6.07) is 0.184. The molecule has 0 saturated heterocycles. The standard InChI is InChI=1S/C13H27NO4/c1-4-6-16-8-10-18-11-9-17-7-5-13(15)14-12(2)3/h12H,4-11H2,1-3H3,(H,14,15). The third-order valence-electron chi connectivity index (χ3n) is 2.02. The molecule has 0 saturated carbocycles. The van der Waals surface area contributed by atoms with Gasteiger partial charge in [0.1, 0.15) is 0 Å². The number of nitrogens with one attached hydrogen (secondary N) is 1. The highest BCUT2D eigenvalue weighted by atomic mass is 16.5. The van der Waals surface area contributed by atoms with E-state index in [1.807, 2.05) is 13.8 Å². The first-order valence-corrected chi connectivity index (χ1v) is 6.69. The van der Waals surface area contributed by atoms with E-state index in [-0.39, 0.29) is 11.9 Å². The first kappa shape index (κ1) is 17.4. The van der Waals surface area contributed by atoms with Crippen LogP contribution in [0, 0.1) is 0 Å². The van der Waals surface area contributed by atoms with Gasteiger partial charge in [0.2, 0.25) is 5.91 Å². The zero-order chi connectivity index (χ0) is 13.6. The van der Waals surface area contributed by atoms with E-state index in [2.05, 4.69) is 12.2 Å². The molecule has 0 bridgehead atoms. The monoisotopic (exact) mass is 261 g/mol. The first-order valence-electron chi connectivity index (χ1n) is 6.69. The van der Waals surface area contributed by atoms with E-state index in [0.29, 0.717) is 39.5 Å². The van der Waals surface area contributed by atoms with Crippen molar-refractivity contribution in [2.45, 2.75) is 39.7 Å². The Bertz CT molecular complexity index is 197. The van der Waals surface area contributed by atoms with Crippen LogP contribution < -0.4 is 5.32 Å².